The van der Waals surface area contributed by atoms with E-state index >= 15 is 0 Å². The minimum Gasteiger partial charge on any atom is -0.334 e. The summed E-state index contributed by atoms with van der Waals surface area (Å²) in [4.78, 5) is 18.9. The number of nitrogens with zero attached hydrogens (tertiary/aromatic N) is 2. The Balaban J connectivity index is 0.00000225. The Morgan fingerprint density at radius 1 is 1.32 bits per heavy atom. The van der Waals surface area contributed by atoms with Crippen molar-refractivity contribution in [3.63, 3.8) is 0 Å². The summed E-state index contributed by atoms with van der Waals surface area (Å²) in [6.45, 7) is 6.96. The Kier molecular flexibility index (Phi) is 8.20. The lowest BCUT2D eigenvalue weighted by molar-refractivity contribution is -0.135. The molecule has 25 heavy (non-hydrogen) atoms. The molecular formula is C19H32ClN3OS. The molecule has 1 aromatic heterocycles. The van der Waals surface area contributed by atoms with E-state index in [9.17, 15) is 4.79 Å². The van der Waals surface area contributed by atoms with Crippen molar-refractivity contribution in [1.29, 1.82) is 0 Å². The fourth-order valence-corrected chi connectivity index (χ4v) is 5.13. The number of hydrogen-bond acceptors (Lipinski definition) is 4. The van der Waals surface area contributed by atoms with E-state index in [-0.39, 0.29) is 12.4 Å². The molecule has 1 aromatic rings. The predicted octanol–water partition coefficient (Wildman–Crippen LogP) is 3.33. The molecule has 142 valence electrons. The van der Waals surface area contributed by atoms with Crippen molar-refractivity contribution in [3.8, 4) is 0 Å². The van der Waals surface area contributed by atoms with Gasteiger partial charge in [0, 0.05) is 11.4 Å². The van der Waals surface area contributed by atoms with Crippen LogP contribution in [0, 0.1) is 5.92 Å². The first-order chi connectivity index (χ1) is 11.7. The first-order valence-corrected chi connectivity index (χ1v) is 10.3. The van der Waals surface area contributed by atoms with Gasteiger partial charge in [-0.25, -0.2) is 0 Å². The quantitative estimate of drug-likeness (QED) is 0.815. The summed E-state index contributed by atoms with van der Waals surface area (Å²) >= 11 is 1.85. The van der Waals surface area contributed by atoms with Crippen LogP contribution >= 0.6 is 23.7 Å². The molecule has 0 aliphatic carbocycles. The highest BCUT2D eigenvalue weighted by Gasteiger charge is 2.31. The number of carbonyl (C=O) groups excluding carboxylic acids is 1. The Morgan fingerprint density at radius 3 is 2.76 bits per heavy atom. The van der Waals surface area contributed by atoms with Gasteiger partial charge in [-0.3, -0.25) is 9.69 Å². The van der Waals surface area contributed by atoms with Crippen LogP contribution in [0.3, 0.4) is 0 Å². The Hall–Kier alpha value is -0.620. The molecule has 1 saturated heterocycles. The number of likely N-dealkylation sites (tertiary alicyclic amines) is 1. The van der Waals surface area contributed by atoms with Crippen molar-refractivity contribution in [3.05, 3.63) is 21.9 Å². The highest BCUT2D eigenvalue weighted by molar-refractivity contribution is 7.10. The Morgan fingerprint density at radius 2 is 2.08 bits per heavy atom. The monoisotopic (exact) mass is 385 g/mol. The summed E-state index contributed by atoms with van der Waals surface area (Å²) in [5, 5.41) is 5.42. The SMILES string of the molecule is CCC1c2ccsc2CCN1C(=O)CN1CCC(CCNC)CC1.Cl. The summed E-state index contributed by atoms with van der Waals surface area (Å²) in [6.07, 6.45) is 5.79. The average Bonchev–Trinajstić information content (AvgIpc) is 3.09. The molecule has 0 bridgehead atoms. The van der Waals surface area contributed by atoms with Gasteiger partial charge in [0.15, 0.2) is 0 Å². The van der Waals surface area contributed by atoms with E-state index in [2.05, 4.69) is 33.5 Å². The van der Waals surface area contributed by atoms with Gasteiger partial charge >= 0.3 is 0 Å². The summed E-state index contributed by atoms with van der Waals surface area (Å²) in [5.41, 5.74) is 1.40. The maximum Gasteiger partial charge on any atom is 0.237 e. The zero-order valence-electron chi connectivity index (χ0n) is 15.5. The number of rotatable bonds is 6. The topological polar surface area (TPSA) is 35.6 Å². The molecule has 1 amide bonds. The zero-order valence-corrected chi connectivity index (χ0v) is 17.1. The smallest absolute Gasteiger partial charge is 0.237 e. The van der Waals surface area contributed by atoms with E-state index in [1.54, 1.807) is 0 Å². The standard InChI is InChI=1S/C19H31N3OS.ClH/c1-3-17-16-8-13-24-18(16)7-12-22(17)19(23)14-21-10-5-15(6-11-21)4-9-20-2;/h8,13,15,17,20H,3-7,9-12,14H2,1-2H3;1H. The predicted molar refractivity (Wildman–Crippen MR) is 108 cm³/mol. The van der Waals surface area contributed by atoms with Crippen LogP contribution in [0.25, 0.3) is 0 Å². The first-order valence-electron chi connectivity index (χ1n) is 9.45. The van der Waals surface area contributed by atoms with Gasteiger partial charge in [0.25, 0.3) is 0 Å². The summed E-state index contributed by atoms with van der Waals surface area (Å²) in [7, 11) is 2.02. The molecule has 3 heterocycles. The number of thiophene rings is 1. The van der Waals surface area contributed by atoms with E-state index < -0.39 is 0 Å². The number of fused-ring (bicyclic) bond motifs is 1. The third-order valence-electron chi connectivity index (χ3n) is 5.67. The zero-order chi connectivity index (χ0) is 16.9. The lowest BCUT2D eigenvalue weighted by Crippen LogP contribution is -2.46. The maximum atomic E-state index is 12.9. The number of nitrogens with one attached hydrogen (secondary N) is 1. The number of amides is 1. The van der Waals surface area contributed by atoms with Gasteiger partial charge < -0.3 is 10.2 Å². The molecule has 0 spiro atoms. The van der Waals surface area contributed by atoms with Crippen molar-refractivity contribution in [2.75, 3.05) is 39.8 Å². The van der Waals surface area contributed by atoms with E-state index in [1.807, 2.05) is 18.4 Å². The van der Waals surface area contributed by atoms with Crippen molar-refractivity contribution in [2.45, 2.75) is 45.1 Å². The molecule has 0 saturated carbocycles. The fourth-order valence-electron chi connectivity index (χ4n) is 4.20. The van der Waals surface area contributed by atoms with Crippen LogP contribution in [0.4, 0.5) is 0 Å². The van der Waals surface area contributed by atoms with Gasteiger partial charge in [-0.15, -0.1) is 23.7 Å². The molecule has 0 aromatic carbocycles. The van der Waals surface area contributed by atoms with Crippen LogP contribution in [0.1, 0.15) is 49.1 Å². The number of halogens is 1. The molecule has 2 aliphatic heterocycles. The van der Waals surface area contributed by atoms with Crippen molar-refractivity contribution in [1.82, 2.24) is 15.1 Å². The summed E-state index contributed by atoms with van der Waals surface area (Å²) < 4.78 is 0. The first kappa shape index (κ1) is 20.7. The van der Waals surface area contributed by atoms with Gasteiger partial charge in [-0.2, -0.15) is 0 Å². The fraction of sp³-hybridized carbons (Fsp3) is 0.737. The number of piperidine rings is 1. The molecule has 1 fully saturated rings. The lowest BCUT2D eigenvalue weighted by Gasteiger charge is -2.38. The summed E-state index contributed by atoms with van der Waals surface area (Å²) in [6, 6.07) is 2.52. The molecule has 2 aliphatic rings. The minimum absolute atomic E-state index is 0. The van der Waals surface area contributed by atoms with Crippen LogP contribution in [-0.4, -0.2) is 55.5 Å². The summed E-state index contributed by atoms with van der Waals surface area (Å²) in [5.74, 6) is 1.16. The highest BCUT2D eigenvalue weighted by atomic mass is 35.5. The second kappa shape index (κ2) is 9.91. The lowest BCUT2D eigenvalue weighted by atomic mass is 9.93. The third-order valence-corrected chi connectivity index (χ3v) is 6.67. The second-order valence-electron chi connectivity index (χ2n) is 7.17. The van der Waals surface area contributed by atoms with Gasteiger partial charge in [-0.1, -0.05) is 6.92 Å². The maximum absolute atomic E-state index is 12.9. The molecule has 1 unspecified atom stereocenters. The van der Waals surface area contributed by atoms with E-state index in [0.29, 0.717) is 18.5 Å². The minimum atomic E-state index is 0. The van der Waals surface area contributed by atoms with Crippen molar-refractivity contribution in [2.24, 2.45) is 5.92 Å². The molecule has 0 radical (unpaired) electrons. The van der Waals surface area contributed by atoms with Crippen LogP contribution in [0.15, 0.2) is 11.4 Å². The van der Waals surface area contributed by atoms with Gasteiger partial charge in [0.2, 0.25) is 5.91 Å². The normalized spacial score (nSPS) is 21.7. The molecule has 6 heteroatoms. The molecule has 1 N–H and O–H groups in total. The average molecular weight is 386 g/mol. The van der Waals surface area contributed by atoms with Crippen LogP contribution in [-0.2, 0) is 11.2 Å². The number of carbonyl (C=O) groups is 1. The molecule has 4 nitrogen and oxygen atoms in total. The Labute approximate surface area is 162 Å². The molecule has 3 rings (SSSR count). The van der Waals surface area contributed by atoms with Crippen LogP contribution in [0.5, 0.6) is 0 Å². The molecular weight excluding hydrogens is 354 g/mol. The van der Waals surface area contributed by atoms with Crippen molar-refractivity contribution >= 4 is 29.7 Å². The largest absolute Gasteiger partial charge is 0.334 e. The second-order valence-corrected chi connectivity index (χ2v) is 8.17. The van der Waals surface area contributed by atoms with Crippen LogP contribution < -0.4 is 5.32 Å². The van der Waals surface area contributed by atoms with Crippen molar-refractivity contribution < 1.29 is 4.79 Å². The molecule has 1 atom stereocenters. The van der Waals surface area contributed by atoms with Gasteiger partial charge in [0.05, 0.1) is 12.6 Å². The van der Waals surface area contributed by atoms with Gasteiger partial charge in [0.1, 0.15) is 0 Å². The third kappa shape index (κ3) is 4.97. The van der Waals surface area contributed by atoms with E-state index in [0.717, 1.165) is 44.9 Å². The highest BCUT2D eigenvalue weighted by Crippen LogP contribution is 2.35. The van der Waals surface area contributed by atoms with Gasteiger partial charge in [-0.05, 0) is 81.7 Å². The number of hydrogen-bond donors (Lipinski definition) is 1. The van der Waals surface area contributed by atoms with E-state index in [1.165, 1.54) is 29.7 Å². The Bertz CT molecular complexity index is 543. The van der Waals surface area contributed by atoms with Crippen LogP contribution in [0.2, 0.25) is 0 Å². The van der Waals surface area contributed by atoms with E-state index in [4.69, 9.17) is 0 Å².